The fourth-order valence-electron chi connectivity index (χ4n) is 1.38. The van der Waals surface area contributed by atoms with Gasteiger partial charge in [0.2, 0.25) is 15.2 Å². The zero-order valence-electron chi connectivity index (χ0n) is 11.8. The molecule has 1 aromatic rings. The van der Waals surface area contributed by atoms with Crippen molar-refractivity contribution in [3.05, 3.63) is 35.9 Å². The number of hydrogen-bond acceptors (Lipinski definition) is 1. The Kier molecular flexibility index (Phi) is 10.7. The first-order valence-electron chi connectivity index (χ1n) is 6.61. The molecule has 0 fully saturated rings. The van der Waals surface area contributed by atoms with Crippen LogP contribution >= 0.6 is 0 Å². The molecule has 1 radical (unpaired) electrons. The van der Waals surface area contributed by atoms with Crippen LogP contribution in [0.15, 0.2) is 30.3 Å². The minimum atomic E-state index is 0.640. The highest BCUT2D eigenvalue weighted by atomic mass is 27.1. The monoisotopic (exact) mass is 248 g/mol. The van der Waals surface area contributed by atoms with E-state index in [1.54, 1.807) is 0 Å². The molecule has 1 aromatic carbocycles. The average molecular weight is 248 g/mol. The van der Waals surface area contributed by atoms with E-state index in [0.717, 1.165) is 27.1 Å². The maximum absolute atomic E-state index is 5.35. The Morgan fingerprint density at radius 1 is 0.941 bits per heavy atom. The zero-order chi connectivity index (χ0) is 13.1. The fraction of sp³-hybridized carbons (Fsp3) is 0.600. The van der Waals surface area contributed by atoms with Crippen LogP contribution in [0.4, 0.5) is 0 Å². The minimum absolute atomic E-state index is 0.640. The fourth-order valence-corrected chi connectivity index (χ4v) is 2.90. The Morgan fingerprint density at radius 2 is 1.41 bits per heavy atom. The van der Waals surface area contributed by atoms with Crippen LogP contribution in [0.25, 0.3) is 0 Å². The molecule has 0 saturated heterocycles. The van der Waals surface area contributed by atoms with Crippen LogP contribution in [-0.2, 0) is 6.54 Å². The molecule has 0 aliphatic carbocycles. The van der Waals surface area contributed by atoms with Crippen molar-refractivity contribution >= 4 is 15.2 Å². The average Bonchev–Trinajstić information content (AvgIpc) is 2.30. The molecule has 17 heavy (non-hydrogen) atoms. The quantitative estimate of drug-likeness (QED) is 0.784. The molecule has 1 nitrogen and oxygen atoms in total. The third-order valence-corrected chi connectivity index (χ3v) is 4.91. The molecule has 0 amide bonds. The van der Waals surface area contributed by atoms with Gasteiger partial charge in [-0.15, -0.1) is 10.6 Å². The standard InChI is InChI=1S/C7H9N.2C4H9.Al/c8-6-7-4-2-1-3-5-7;2*1-4(2)3;/h1-5H,6,8H2;2*4H,1H2,2-3H3;. The molecule has 0 unspecified atom stereocenters. The molecule has 95 valence electrons. The van der Waals surface area contributed by atoms with Crippen molar-refractivity contribution in [1.82, 2.24) is 0 Å². The first-order chi connectivity index (χ1) is 8.06. The van der Waals surface area contributed by atoms with Crippen LogP contribution < -0.4 is 5.73 Å². The lowest BCUT2D eigenvalue weighted by molar-refractivity contribution is 0.700. The first kappa shape index (κ1) is 16.7. The summed E-state index contributed by atoms with van der Waals surface area (Å²) in [6.07, 6.45) is 0. The van der Waals surface area contributed by atoms with E-state index in [9.17, 15) is 0 Å². The molecule has 0 heterocycles. The van der Waals surface area contributed by atoms with Gasteiger partial charge in [-0.3, -0.25) is 0 Å². The number of rotatable bonds is 5. The van der Waals surface area contributed by atoms with Gasteiger partial charge in [0.05, 0.1) is 0 Å². The minimum Gasteiger partial charge on any atom is -0.326 e. The summed E-state index contributed by atoms with van der Waals surface area (Å²) in [5.74, 6) is 1.86. The van der Waals surface area contributed by atoms with E-state index < -0.39 is 0 Å². The zero-order valence-corrected chi connectivity index (χ0v) is 13.0. The van der Waals surface area contributed by atoms with Gasteiger partial charge < -0.3 is 5.73 Å². The van der Waals surface area contributed by atoms with E-state index >= 15 is 0 Å². The van der Waals surface area contributed by atoms with Gasteiger partial charge in [0, 0.05) is 6.54 Å². The van der Waals surface area contributed by atoms with Gasteiger partial charge in [-0.05, 0) is 5.56 Å². The molecule has 2 heteroatoms. The molecule has 0 bridgehead atoms. The van der Waals surface area contributed by atoms with Crippen LogP contribution in [0.2, 0.25) is 10.6 Å². The maximum atomic E-state index is 5.35. The van der Waals surface area contributed by atoms with Crippen LogP contribution in [0.3, 0.4) is 0 Å². The molecule has 0 aromatic heterocycles. The van der Waals surface area contributed by atoms with Crippen LogP contribution in [-0.4, -0.2) is 15.2 Å². The summed E-state index contributed by atoms with van der Waals surface area (Å²) in [5, 5.41) is 2.97. The summed E-state index contributed by atoms with van der Waals surface area (Å²) >= 11 is 0.755. The third kappa shape index (κ3) is 12.0. The third-order valence-electron chi connectivity index (χ3n) is 2.35. The van der Waals surface area contributed by atoms with Gasteiger partial charge in [-0.2, -0.15) is 0 Å². The topological polar surface area (TPSA) is 26.0 Å². The Bertz CT molecular complexity index is 249. The highest BCUT2D eigenvalue weighted by Crippen LogP contribution is 2.05. The van der Waals surface area contributed by atoms with E-state index in [-0.39, 0.29) is 0 Å². The molecule has 0 saturated carbocycles. The summed E-state index contributed by atoms with van der Waals surface area (Å²) in [4.78, 5) is 0. The summed E-state index contributed by atoms with van der Waals surface area (Å²) in [6, 6.07) is 9.99. The maximum Gasteiger partial charge on any atom is 0.200 e. The molecular formula is C15H27AlN. The second kappa shape index (κ2) is 10.8. The lowest BCUT2D eigenvalue weighted by Crippen LogP contribution is -1.99. The predicted octanol–water partition coefficient (Wildman–Crippen LogP) is 3.98. The van der Waals surface area contributed by atoms with E-state index in [2.05, 4.69) is 27.7 Å². The van der Waals surface area contributed by atoms with Crippen molar-refractivity contribution in [3.8, 4) is 0 Å². The first-order valence-corrected chi connectivity index (χ1v) is 8.25. The van der Waals surface area contributed by atoms with Crippen LogP contribution in [0.5, 0.6) is 0 Å². The van der Waals surface area contributed by atoms with Gasteiger partial charge in [-0.25, -0.2) is 0 Å². The van der Waals surface area contributed by atoms with Crippen molar-refractivity contribution in [1.29, 1.82) is 0 Å². The highest BCUT2D eigenvalue weighted by Gasteiger charge is 1.98. The largest absolute Gasteiger partial charge is 0.326 e. The molecule has 0 spiro atoms. The molecule has 1 rings (SSSR count). The van der Waals surface area contributed by atoms with Crippen LogP contribution in [0.1, 0.15) is 33.3 Å². The summed E-state index contributed by atoms with van der Waals surface area (Å²) < 4.78 is 0. The summed E-state index contributed by atoms with van der Waals surface area (Å²) in [7, 11) is 0. The second-order valence-electron chi connectivity index (χ2n) is 5.24. The van der Waals surface area contributed by atoms with E-state index in [0.29, 0.717) is 6.54 Å². The van der Waals surface area contributed by atoms with Gasteiger partial charge in [0.25, 0.3) is 0 Å². The predicted molar refractivity (Wildman–Crippen MR) is 79.4 cm³/mol. The molecular weight excluding hydrogens is 221 g/mol. The lowest BCUT2D eigenvalue weighted by Gasteiger charge is -2.03. The van der Waals surface area contributed by atoms with Crippen molar-refractivity contribution in [3.63, 3.8) is 0 Å². The van der Waals surface area contributed by atoms with Gasteiger partial charge in [-0.1, -0.05) is 69.9 Å². The van der Waals surface area contributed by atoms with E-state index in [4.69, 9.17) is 5.73 Å². The molecule has 0 atom stereocenters. The Balaban J connectivity index is 0.000000302. The van der Waals surface area contributed by atoms with Crippen molar-refractivity contribution in [2.24, 2.45) is 17.6 Å². The summed E-state index contributed by atoms with van der Waals surface area (Å²) in [6.45, 7) is 9.89. The SMILES string of the molecule is CC(C)[CH2][Al][CH2]C(C)C.NCc1ccccc1. The van der Waals surface area contributed by atoms with Crippen molar-refractivity contribution in [2.45, 2.75) is 44.8 Å². The molecule has 2 N–H and O–H groups in total. The van der Waals surface area contributed by atoms with E-state index in [1.807, 2.05) is 30.3 Å². The highest BCUT2D eigenvalue weighted by molar-refractivity contribution is 6.35. The molecule has 0 aliphatic rings. The smallest absolute Gasteiger partial charge is 0.200 e. The van der Waals surface area contributed by atoms with Gasteiger partial charge in [0.1, 0.15) is 0 Å². The van der Waals surface area contributed by atoms with Crippen molar-refractivity contribution in [2.75, 3.05) is 0 Å². The van der Waals surface area contributed by atoms with E-state index in [1.165, 1.54) is 16.1 Å². The number of benzene rings is 1. The van der Waals surface area contributed by atoms with Gasteiger partial charge in [0.15, 0.2) is 0 Å². The second-order valence-corrected chi connectivity index (χ2v) is 6.76. The Morgan fingerprint density at radius 3 is 1.71 bits per heavy atom. The molecule has 0 aliphatic heterocycles. The lowest BCUT2D eigenvalue weighted by atomic mass is 10.2. The number of nitrogens with two attached hydrogens (primary N) is 1. The number of hydrogen-bond donors (Lipinski definition) is 1. The summed E-state index contributed by atoms with van der Waals surface area (Å²) in [5.41, 5.74) is 6.54. The van der Waals surface area contributed by atoms with Crippen LogP contribution in [0, 0.1) is 11.8 Å². The Labute approximate surface area is 114 Å². The normalized spacial score (nSPS) is 10.1. The Hall–Kier alpha value is -0.288. The van der Waals surface area contributed by atoms with Crippen molar-refractivity contribution < 1.29 is 0 Å². The van der Waals surface area contributed by atoms with Gasteiger partial charge >= 0.3 is 0 Å².